The van der Waals surface area contributed by atoms with Gasteiger partial charge in [0, 0.05) is 11.8 Å². The Morgan fingerprint density at radius 1 is 0.957 bits per heavy atom. The summed E-state index contributed by atoms with van der Waals surface area (Å²) >= 11 is 0. The van der Waals surface area contributed by atoms with Gasteiger partial charge in [-0.05, 0) is 43.7 Å². The minimum Gasteiger partial charge on any atom is -0.267 e. The Morgan fingerprint density at radius 3 is 2.00 bits per heavy atom. The van der Waals surface area contributed by atoms with E-state index >= 15 is 0 Å². The number of aryl methyl sites for hydroxylation is 1. The molecule has 0 spiro atoms. The molecule has 0 radical (unpaired) electrons. The van der Waals surface area contributed by atoms with E-state index in [9.17, 15) is 13.2 Å². The van der Waals surface area contributed by atoms with Crippen molar-refractivity contribution < 1.29 is 13.2 Å². The number of rotatable bonds is 4. The maximum absolute atomic E-state index is 12.0. The van der Waals surface area contributed by atoms with Crippen molar-refractivity contribution in [2.24, 2.45) is 5.10 Å². The number of nitrogens with one attached hydrogen (secondary N) is 1. The van der Waals surface area contributed by atoms with Crippen LogP contribution in [0.4, 0.5) is 0 Å². The highest BCUT2D eigenvalue weighted by atomic mass is 32.2. The highest BCUT2D eigenvalue weighted by Crippen LogP contribution is 2.11. The lowest BCUT2D eigenvalue weighted by molar-refractivity contribution is 0.0955. The number of hydrogen-bond donors (Lipinski definition) is 1. The van der Waals surface area contributed by atoms with Crippen molar-refractivity contribution >= 4 is 21.5 Å². The summed E-state index contributed by atoms with van der Waals surface area (Å²) in [5.74, 6) is -0.294. The van der Waals surface area contributed by atoms with Gasteiger partial charge >= 0.3 is 0 Å². The molecular weight excluding hydrogens is 312 g/mol. The molecule has 2 aromatic carbocycles. The fraction of sp³-hybridized carbons (Fsp3) is 0.176. The first-order valence-electron chi connectivity index (χ1n) is 6.99. The van der Waals surface area contributed by atoms with E-state index in [4.69, 9.17) is 0 Å². The van der Waals surface area contributed by atoms with Crippen LogP contribution >= 0.6 is 0 Å². The lowest BCUT2D eigenvalue weighted by Crippen LogP contribution is -2.19. The molecule has 0 fully saturated rings. The van der Waals surface area contributed by atoms with Crippen LogP contribution in [-0.2, 0) is 9.84 Å². The van der Waals surface area contributed by atoms with Crippen LogP contribution in [-0.4, -0.2) is 26.3 Å². The van der Waals surface area contributed by atoms with Gasteiger partial charge in [-0.15, -0.1) is 0 Å². The van der Waals surface area contributed by atoms with Gasteiger partial charge in [-0.2, -0.15) is 5.10 Å². The summed E-state index contributed by atoms with van der Waals surface area (Å²) in [7, 11) is -3.22. The molecule has 0 saturated carbocycles. The van der Waals surface area contributed by atoms with Crippen molar-refractivity contribution in [2.45, 2.75) is 18.7 Å². The Hall–Kier alpha value is -2.47. The smallest absolute Gasteiger partial charge is 0.267 e. The van der Waals surface area contributed by atoms with Crippen molar-refractivity contribution in [3.8, 4) is 0 Å². The van der Waals surface area contributed by atoms with Gasteiger partial charge in [0.05, 0.1) is 10.6 Å². The van der Waals surface area contributed by atoms with Gasteiger partial charge in [0.15, 0.2) is 9.84 Å². The molecule has 5 nitrogen and oxygen atoms in total. The molecule has 0 saturated heterocycles. The zero-order valence-corrected chi connectivity index (χ0v) is 14.0. The third kappa shape index (κ3) is 4.50. The van der Waals surface area contributed by atoms with Crippen molar-refractivity contribution in [1.29, 1.82) is 0 Å². The molecule has 0 bridgehead atoms. The summed E-state index contributed by atoms with van der Waals surface area (Å²) in [5.41, 5.74) is 5.42. The zero-order valence-electron chi connectivity index (χ0n) is 13.2. The summed E-state index contributed by atoms with van der Waals surface area (Å²) < 4.78 is 22.8. The number of hydrogen-bond acceptors (Lipinski definition) is 4. The first kappa shape index (κ1) is 16.9. The second-order valence-electron chi connectivity index (χ2n) is 5.30. The predicted molar refractivity (Wildman–Crippen MR) is 90.4 cm³/mol. The normalized spacial score (nSPS) is 12.0. The maximum atomic E-state index is 12.0. The average Bonchev–Trinajstić information content (AvgIpc) is 2.52. The monoisotopic (exact) mass is 330 g/mol. The molecule has 0 atom stereocenters. The summed E-state index contributed by atoms with van der Waals surface area (Å²) in [6, 6.07) is 13.5. The van der Waals surface area contributed by atoms with Gasteiger partial charge in [0.2, 0.25) is 0 Å². The third-order valence-electron chi connectivity index (χ3n) is 3.34. The molecule has 6 heteroatoms. The van der Waals surface area contributed by atoms with E-state index in [0.29, 0.717) is 11.3 Å². The summed E-state index contributed by atoms with van der Waals surface area (Å²) in [4.78, 5) is 12.2. The van der Waals surface area contributed by atoms with Crippen LogP contribution in [0.5, 0.6) is 0 Å². The van der Waals surface area contributed by atoms with Gasteiger partial charge < -0.3 is 0 Å². The average molecular weight is 330 g/mol. The minimum atomic E-state index is -3.22. The molecule has 0 aliphatic carbocycles. The van der Waals surface area contributed by atoms with Crippen LogP contribution in [0.25, 0.3) is 0 Å². The molecule has 1 N–H and O–H groups in total. The Kier molecular flexibility index (Phi) is 4.95. The predicted octanol–water partition coefficient (Wildman–Crippen LogP) is 2.55. The topological polar surface area (TPSA) is 75.6 Å². The van der Waals surface area contributed by atoms with Crippen LogP contribution < -0.4 is 5.43 Å². The standard InChI is InChI=1S/C17H18N2O3S/c1-12-4-6-15(7-5-12)17(20)19-18-13(2)14-8-10-16(11-9-14)23(3,21)22/h4-11H,1-3H3,(H,19,20)/b18-13-. The maximum Gasteiger partial charge on any atom is 0.271 e. The molecule has 23 heavy (non-hydrogen) atoms. The summed E-state index contributed by atoms with van der Waals surface area (Å²) in [6.07, 6.45) is 1.16. The lowest BCUT2D eigenvalue weighted by Gasteiger charge is -2.04. The molecule has 0 aromatic heterocycles. The van der Waals surface area contributed by atoms with E-state index < -0.39 is 9.84 Å². The molecule has 2 rings (SSSR count). The van der Waals surface area contributed by atoms with Gasteiger partial charge in [0.25, 0.3) is 5.91 Å². The molecule has 0 aliphatic rings. The number of amides is 1. The van der Waals surface area contributed by atoms with Gasteiger partial charge in [-0.3, -0.25) is 4.79 Å². The largest absolute Gasteiger partial charge is 0.271 e. The van der Waals surface area contributed by atoms with E-state index in [1.165, 1.54) is 12.1 Å². The Bertz CT molecular complexity index is 836. The number of sulfone groups is 1. The summed E-state index contributed by atoms with van der Waals surface area (Å²) in [6.45, 7) is 3.69. The Morgan fingerprint density at radius 2 is 1.48 bits per heavy atom. The van der Waals surface area contributed by atoms with E-state index in [2.05, 4.69) is 10.5 Å². The second kappa shape index (κ2) is 6.75. The number of nitrogens with zero attached hydrogens (tertiary/aromatic N) is 1. The minimum absolute atomic E-state index is 0.248. The van der Waals surface area contributed by atoms with Crippen molar-refractivity contribution in [3.63, 3.8) is 0 Å². The third-order valence-corrected chi connectivity index (χ3v) is 4.47. The van der Waals surface area contributed by atoms with Crippen LogP contribution in [0.3, 0.4) is 0 Å². The molecule has 1 amide bonds. The molecule has 0 unspecified atom stereocenters. The lowest BCUT2D eigenvalue weighted by atomic mass is 10.1. The number of carbonyl (C=O) groups excluding carboxylic acids is 1. The quantitative estimate of drug-likeness (QED) is 0.691. The number of benzene rings is 2. The Balaban J connectivity index is 2.10. The molecule has 0 aliphatic heterocycles. The second-order valence-corrected chi connectivity index (χ2v) is 7.32. The van der Waals surface area contributed by atoms with Crippen molar-refractivity contribution in [2.75, 3.05) is 6.26 Å². The van der Waals surface area contributed by atoms with E-state index in [0.717, 1.165) is 17.4 Å². The van der Waals surface area contributed by atoms with Crippen LogP contribution in [0.1, 0.15) is 28.4 Å². The number of hydrazone groups is 1. The van der Waals surface area contributed by atoms with E-state index in [-0.39, 0.29) is 10.8 Å². The highest BCUT2D eigenvalue weighted by Gasteiger charge is 2.08. The van der Waals surface area contributed by atoms with Gasteiger partial charge in [0.1, 0.15) is 0 Å². The first-order valence-corrected chi connectivity index (χ1v) is 8.88. The SMILES string of the molecule is C/C(=N/NC(=O)c1ccc(C)cc1)c1ccc(S(C)(=O)=O)cc1. The zero-order chi connectivity index (χ0) is 17.0. The molecule has 2 aromatic rings. The number of carbonyl (C=O) groups is 1. The highest BCUT2D eigenvalue weighted by molar-refractivity contribution is 7.90. The first-order chi connectivity index (χ1) is 10.8. The van der Waals surface area contributed by atoms with Crippen LogP contribution in [0.2, 0.25) is 0 Å². The molecular formula is C17H18N2O3S. The van der Waals surface area contributed by atoms with Crippen LogP contribution in [0, 0.1) is 6.92 Å². The summed E-state index contributed by atoms with van der Waals surface area (Å²) in [5, 5.41) is 4.05. The van der Waals surface area contributed by atoms with E-state index in [1.54, 1.807) is 31.2 Å². The van der Waals surface area contributed by atoms with E-state index in [1.807, 2.05) is 19.1 Å². The van der Waals surface area contributed by atoms with Crippen molar-refractivity contribution in [3.05, 3.63) is 65.2 Å². The van der Waals surface area contributed by atoms with Gasteiger partial charge in [-0.1, -0.05) is 29.8 Å². The van der Waals surface area contributed by atoms with Crippen LogP contribution in [0.15, 0.2) is 58.5 Å². The fourth-order valence-electron chi connectivity index (χ4n) is 1.91. The van der Waals surface area contributed by atoms with Gasteiger partial charge in [-0.25, -0.2) is 13.8 Å². The molecule has 0 heterocycles. The fourth-order valence-corrected chi connectivity index (χ4v) is 2.54. The van der Waals surface area contributed by atoms with Crippen molar-refractivity contribution in [1.82, 2.24) is 5.43 Å². The molecule has 120 valence electrons. The Labute approximate surface area is 136 Å².